The number of carbonyl (C=O) groups excluding carboxylic acids is 2. The number of aryl methyl sites for hydroxylation is 1. The molecule has 2 N–H and O–H groups in total. The molecule has 0 aliphatic rings. The maximum atomic E-state index is 13.3. The van der Waals surface area contributed by atoms with Gasteiger partial charge in [0.25, 0.3) is 11.8 Å². The zero-order chi connectivity index (χ0) is 29.3. The van der Waals surface area contributed by atoms with Crippen molar-refractivity contribution in [3.8, 4) is 22.5 Å². The molecule has 2 amide bonds. The minimum atomic E-state index is -0.839. The molecule has 9 nitrogen and oxygen atoms in total. The van der Waals surface area contributed by atoms with Crippen LogP contribution in [0.1, 0.15) is 77.8 Å². The van der Waals surface area contributed by atoms with Gasteiger partial charge in [-0.2, -0.15) is 4.98 Å². The maximum absolute atomic E-state index is 13.3. The average molecular weight is 552 g/mol. The van der Waals surface area contributed by atoms with E-state index < -0.39 is 5.54 Å². The van der Waals surface area contributed by atoms with Gasteiger partial charge in [-0.25, -0.2) is 4.98 Å². The summed E-state index contributed by atoms with van der Waals surface area (Å²) in [7, 11) is 1.60. The Bertz CT molecular complexity index is 1720. The molecule has 0 aliphatic heterocycles. The summed E-state index contributed by atoms with van der Waals surface area (Å²) in [5.41, 5.74) is 4.82. The lowest BCUT2D eigenvalue weighted by Crippen LogP contribution is -2.41. The van der Waals surface area contributed by atoms with Crippen molar-refractivity contribution < 1.29 is 18.5 Å². The fourth-order valence-electron chi connectivity index (χ4n) is 4.78. The third-order valence-corrected chi connectivity index (χ3v) is 7.34. The smallest absolute Gasteiger partial charge is 0.255 e. The molecule has 3 aromatic heterocycles. The van der Waals surface area contributed by atoms with Crippen LogP contribution < -0.4 is 10.6 Å². The van der Waals surface area contributed by atoms with Crippen LogP contribution in [0.2, 0.25) is 0 Å². The molecule has 1 atom stereocenters. The van der Waals surface area contributed by atoms with Crippen molar-refractivity contribution in [3.05, 3.63) is 89.2 Å². The standard InChI is InChI=1S/C32H33N5O4/c1-7-19(3)26-23(21-9-8-10-22(15-21)28(38)36-32(4,5)31-34-17-40-37-31)16-24-25(29(39)33-6)27(41-30(24)35-26)20-13-11-18(2)12-14-20/h8-17,19H,7H2,1-6H3,(H,33,39)(H,36,38)/t19-/m1/s1. The summed E-state index contributed by atoms with van der Waals surface area (Å²) < 4.78 is 11.1. The highest BCUT2D eigenvalue weighted by Gasteiger charge is 2.29. The van der Waals surface area contributed by atoms with Gasteiger partial charge in [-0.3, -0.25) is 9.59 Å². The largest absolute Gasteiger partial charge is 0.437 e. The van der Waals surface area contributed by atoms with Crippen molar-refractivity contribution in [1.29, 1.82) is 0 Å². The first kappa shape index (κ1) is 27.8. The van der Waals surface area contributed by atoms with Gasteiger partial charge < -0.3 is 19.6 Å². The Morgan fingerprint density at radius 2 is 1.78 bits per heavy atom. The normalized spacial score (nSPS) is 12.3. The second-order valence-electron chi connectivity index (χ2n) is 10.7. The summed E-state index contributed by atoms with van der Waals surface area (Å²) in [5.74, 6) is 0.398. The Kier molecular flexibility index (Phi) is 7.45. The van der Waals surface area contributed by atoms with Gasteiger partial charge in [0.15, 0.2) is 5.82 Å². The van der Waals surface area contributed by atoms with Crippen LogP contribution in [0.5, 0.6) is 0 Å². The van der Waals surface area contributed by atoms with Crippen molar-refractivity contribution >= 4 is 22.9 Å². The lowest BCUT2D eigenvalue weighted by Gasteiger charge is -2.22. The molecular formula is C32H33N5O4. The lowest BCUT2D eigenvalue weighted by atomic mass is 9.92. The minimum absolute atomic E-state index is 0.0976. The fourth-order valence-corrected chi connectivity index (χ4v) is 4.78. The number of pyridine rings is 1. The van der Waals surface area contributed by atoms with Crippen LogP contribution in [0, 0.1) is 6.92 Å². The topological polar surface area (TPSA) is 123 Å². The molecular weight excluding hydrogens is 518 g/mol. The van der Waals surface area contributed by atoms with Crippen LogP contribution in [0.25, 0.3) is 33.6 Å². The van der Waals surface area contributed by atoms with E-state index in [-0.39, 0.29) is 17.7 Å². The maximum Gasteiger partial charge on any atom is 0.255 e. The molecule has 5 rings (SSSR count). The van der Waals surface area contributed by atoms with Crippen molar-refractivity contribution in [1.82, 2.24) is 25.8 Å². The van der Waals surface area contributed by atoms with Gasteiger partial charge >= 0.3 is 0 Å². The number of carbonyl (C=O) groups is 2. The minimum Gasteiger partial charge on any atom is -0.437 e. The highest BCUT2D eigenvalue weighted by molar-refractivity contribution is 6.11. The lowest BCUT2D eigenvalue weighted by molar-refractivity contribution is 0.0906. The van der Waals surface area contributed by atoms with Crippen LogP contribution in [-0.4, -0.2) is 34.0 Å². The number of rotatable bonds is 8. The quantitative estimate of drug-likeness (QED) is 0.229. The average Bonchev–Trinajstić information content (AvgIpc) is 3.65. The van der Waals surface area contributed by atoms with E-state index in [0.717, 1.165) is 34.4 Å². The molecule has 0 fully saturated rings. The molecule has 0 spiro atoms. The molecule has 0 saturated carbocycles. The number of fused-ring (bicyclic) bond motifs is 1. The number of aromatic nitrogens is 3. The number of hydrogen-bond donors (Lipinski definition) is 2. The van der Waals surface area contributed by atoms with Crippen molar-refractivity contribution in [2.45, 2.75) is 52.5 Å². The van der Waals surface area contributed by atoms with E-state index >= 15 is 0 Å². The van der Waals surface area contributed by atoms with E-state index in [4.69, 9.17) is 13.9 Å². The monoisotopic (exact) mass is 551 g/mol. The van der Waals surface area contributed by atoms with Crippen LogP contribution in [0.4, 0.5) is 0 Å². The Hall–Kier alpha value is -4.79. The second kappa shape index (κ2) is 11.0. The number of benzene rings is 2. The summed E-state index contributed by atoms with van der Waals surface area (Å²) in [6, 6.07) is 17.2. The van der Waals surface area contributed by atoms with Crippen LogP contribution >= 0.6 is 0 Å². The van der Waals surface area contributed by atoms with Crippen LogP contribution in [0.15, 0.2) is 69.9 Å². The SMILES string of the molecule is CC[C@@H](C)c1nc2oc(-c3ccc(C)cc3)c(C(=O)NC)c2cc1-c1cccc(C(=O)NC(C)(C)c2ncon2)c1. The zero-order valence-corrected chi connectivity index (χ0v) is 24.0. The van der Waals surface area contributed by atoms with Crippen molar-refractivity contribution in [2.75, 3.05) is 7.05 Å². The molecule has 9 heteroatoms. The van der Waals surface area contributed by atoms with Crippen LogP contribution in [0.3, 0.4) is 0 Å². The first-order valence-electron chi connectivity index (χ1n) is 13.6. The van der Waals surface area contributed by atoms with Crippen molar-refractivity contribution in [2.24, 2.45) is 0 Å². The molecule has 3 heterocycles. The second-order valence-corrected chi connectivity index (χ2v) is 10.7. The fraction of sp³-hybridized carbons (Fsp3) is 0.281. The Morgan fingerprint density at radius 3 is 2.44 bits per heavy atom. The van der Waals surface area contributed by atoms with Crippen LogP contribution in [-0.2, 0) is 5.54 Å². The molecule has 41 heavy (non-hydrogen) atoms. The highest BCUT2D eigenvalue weighted by atomic mass is 16.5. The first-order chi connectivity index (χ1) is 19.6. The van der Waals surface area contributed by atoms with Crippen molar-refractivity contribution in [3.63, 3.8) is 0 Å². The third-order valence-electron chi connectivity index (χ3n) is 7.34. The molecule has 0 saturated heterocycles. The van der Waals surface area contributed by atoms with E-state index in [1.807, 2.05) is 69.3 Å². The molecule has 0 aliphatic carbocycles. The van der Waals surface area contributed by atoms with E-state index in [2.05, 4.69) is 34.6 Å². The summed E-state index contributed by atoms with van der Waals surface area (Å²) >= 11 is 0. The van der Waals surface area contributed by atoms with Gasteiger partial charge in [0.05, 0.1) is 22.2 Å². The zero-order valence-electron chi connectivity index (χ0n) is 24.0. The van der Waals surface area contributed by atoms with E-state index in [9.17, 15) is 9.59 Å². The molecule has 0 radical (unpaired) electrons. The van der Waals surface area contributed by atoms with Gasteiger partial charge in [-0.15, -0.1) is 0 Å². The van der Waals surface area contributed by atoms with Gasteiger partial charge in [0.1, 0.15) is 5.76 Å². The summed E-state index contributed by atoms with van der Waals surface area (Å²) in [6.45, 7) is 9.83. The number of nitrogens with one attached hydrogen (secondary N) is 2. The predicted molar refractivity (Wildman–Crippen MR) is 157 cm³/mol. The molecule has 5 aromatic rings. The molecule has 210 valence electrons. The van der Waals surface area contributed by atoms with Gasteiger partial charge in [-0.05, 0) is 56.9 Å². The van der Waals surface area contributed by atoms with Gasteiger partial charge in [0, 0.05) is 23.7 Å². The van der Waals surface area contributed by atoms with E-state index in [1.165, 1.54) is 6.39 Å². The molecule has 0 unspecified atom stereocenters. The predicted octanol–water partition coefficient (Wildman–Crippen LogP) is 6.39. The number of nitrogens with zero attached hydrogens (tertiary/aromatic N) is 3. The van der Waals surface area contributed by atoms with Gasteiger partial charge in [0.2, 0.25) is 12.1 Å². The van der Waals surface area contributed by atoms with E-state index in [1.54, 1.807) is 13.1 Å². The number of furan rings is 1. The first-order valence-corrected chi connectivity index (χ1v) is 13.6. The third kappa shape index (κ3) is 5.35. The Labute approximate surface area is 238 Å². The molecule has 0 bridgehead atoms. The summed E-state index contributed by atoms with van der Waals surface area (Å²) in [5, 5.41) is 10.2. The summed E-state index contributed by atoms with van der Waals surface area (Å²) in [6.07, 6.45) is 2.08. The Morgan fingerprint density at radius 1 is 1.02 bits per heavy atom. The number of hydrogen-bond acceptors (Lipinski definition) is 7. The van der Waals surface area contributed by atoms with E-state index in [0.29, 0.717) is 33.8 Å². The number of amides is 2. The van der Waals surface area contributed by atoms with Gasteiger partial charge in [-0.1, -0.05) is 61.0 Å². The highest BCUT2D eigenvalue weighted by Crippen LogP contribution is 2.39. The summed E-state index contributed by atoms with van der Waals surface area (Å²) in [4.78, 5) is 35.5. The Balaban J connectivity index is 1.64. The molecule has 2 aromatic carbocycles.